The normalized spacial score (nSPS) is 11.3. The molecule has 0 aliphatic carbocycles. The monoisotopic (exact) mass is 573 g/mol. The van der Waals surface area contributed by atoms with Crippen molar-refractivity contribution in [2.45, 2.75) is 189 Å². The molecule has 1 aromatic rings. The molecule has 0 N–H and O–H groups in total. The zero-order valence-electron chi connectivity index (χ0n) is 28.7. The van der Waals surface area contributed by atoms with Gasteiger partial charge in [0, 0.05) is 37.9 Å². The van der Waals surface area contributed by atoms with Crippen LogP contribution in [0.4, 0.5) is 11.8 Å². The van der Waals surface area contributed by atoms with Gasteiger partial charge in [0.05, 0.1) is 0 Å². The first kappa shape index (κ1) is 37.7. The van der Waals surface area contributed by atoms with Crippen LogP contribution in [-0.4, -0.2) is 36.1 Å². The van der Waals surface area contributed by atoms with E-state index >= 15 is 0 Å². The minimum Gasteiger partial charge on any atom is -0.356 e. The van der Waals surface area contributed by atoms with Crippen molar-refractivity contribution in [1.82, 2.24) is 9.97 Å². The third-order valence-corrected chi connectivity index (χ3v) is 8.56. The molecule has 0 saturated heterocycles. The molecule has 240 valence electrons. The Kier molecular flexibility index (Phi) is 25.3. The van der Waals surface area contributed by atoms with Crippen LogP contribution in [-0.2, 0) is 0 Å². The number of hydrogen-bond acceptors (Lipinski definition) is 4. The van der Waals surface area contributed by atoms with E-state index in [1.54, 1.807) is 0 Å². The summed E-state index contributed by atoms with van der Waals surface area (Å²) in [4.78, 5) is 15.4. The quantitative estimate of drug-likeness (QED) is 0.0858. The lowest BCUT2D eigenvalue weighted by molar-refractivity contribution is 0.566. The summed E-state index contributed by atoms with van der Waals surface area (Å²) >= 11 is 0. The summed E-state index contributed by atoms with van der Waals surface area (Å²) in [6.07, 6.45) is 32.2. The average molecular weight is 573 g/mol. The predicted molar refractivity (Wildman–Crippen MR) is 185 cm³/mol. The van der Waals surface area contributed by atoms with Gasteiger partial charge in [-0.05, 0) is 32.6 Å². The molecule has 0 atom stereocenters. The average Bonchev–Trinajstić information content (AvgIpc) is 2.97. The van der Waals surface area contributed by atoms with Crippen LogP contribution in [0.2, 0.25) is 0 Å². The van der Waals surface area contributed by atoms with Gasteiger partial charge in [-0.25, -0.2) is 4.98 Å². The van der Waals surface area contributed by atoms with Crippen molar-refractivity contribution in [3.8, 4) is 0 Å². The van der Waals surface area contributed by atoms with Gasteiger partial charge < -0.3 is 9.80 Å². The molecule has 1 rings (SSSR count). The Bertz CT molecular complexity index is 605. The van der Waals surface area contributed by atoms with Gasteiger partial charge in [-0.1, -0.05) is 156 Å². The lowest BCUT2D eigenvalue weighted by Crippen LogP contribution is -2.31. The van der Waals surface area contributed by atoms with Crippen LogP contribution in [0, 0.1) is 6.92 Å². The summed E-state index contributed by atoms with van der Waals surface area (Å²) in [6.45, 7) is 15.8. The van der Waals surface area contributed by atoms with E-state index in [1.807, 2.05) is 0 Å². The molecule has 0 amide bonds. The Morgan fingerprint density at radius 3 is 1.10 bits per heavy atom. The number of hydrogen-bond donors (Lipinski definition) is 0. The molecule has 4 heteroatoms. The Labute approximate surface area is 257 Å². The van der Waals surface area contributed by atoms with Gasteiger partial charge in [0.2, 0.25) is 5.95 Å². The lowest BCUT2D eigenvalue weighted by atomic mass is 10.1. The fourth-order valence-electron chi connectivity index (χ4n) is 5.82. The van der Waals surface area contributed by atoms with Crippen molar-refractivity contribution in [1.29, 1.82) is 0 Å². The molecule has 4 nitrogen and oxygen atoms in total. The highest BCUT2D eigenvalue weighted by Gasteiger charge is 2.15. The first-order valence-corrected chi connectivity index (χ1v) is 18.5. The Hall–Kier alpha value is -1.32. The molecular formula is C37H72N4. The summed E-state index contributed by atoms with van der Waals surface area (Å²) < 4.78 is 0. The lowest BCUT2D eigenvalue weighted by Gasteiger charge is -2.28. The van der Waals surface area contributed by atoms with Crippen molar-refractivity contribution < 1.29 is 0 Å². The molecule has 0 aromatic carbocycles. The minimum atomic E-state index is 0.984. The number of rotatable bonds is 30. The van der Waals surface area contributed by atoms with Crippen LogP contribution in [0.5, 0.6) is 0 Å². The standard InChI is InChI=1S/C37H72N4/c1-6-10-14-18-22-26-30-40(31-27-23-19-15-11-7-2)36-34-35(5)38-37(39-36)41(32-28-24-20-16-12-8-3)33-29-25-21-17-13-9-4/h34H,6-33H2,1-5H3. The van der Waals surface area contributed by atoms with Gasteiger partial charge in [-0.3, -0.25) is 0 Å². The minimum absolute atomic E-state index is 0.984. The second-order valence-corrected chi connectivity index (χ2v) is 12.7. The van der Waals surface area contributed by atoms with Crippen molar-refractivity contribution in [3.63, 3.8) is 0 Å². The maximum absolute atomic E-state index is 5.29. The van der Waals surface area contributed by atoms with Gasteiger partial charge in [-0.15, -0.1) is 0 Å². The molecule has 41 heavy (non-hydrogen) atoms. The zero-order valence-corrected chi connectivity index (χ0v) is 28.7. The topological polar surface area (TPSA) is 32.3 Å². The first-order chi connectivity index (χ1) is 20.2. The van der Waals surface area contributed by atoms with Crippen LogP contribution < -0.4 is 9.80 Å². The maximum atomic E-state index is 5.29. The second-order valence-electron chi connectivity index (χ2n) is 12.7. The van der Waals surface area contributed by atoms with Crippen molar-refractivity contribution in [2.24, 2.45) is 0 Å². The van der Waals surface area contributed by atoms with Crippen LogP contribution in [0.15, 0.2) is 6.07 Å². The van der Waals surface area contributed by atoms with Crippen LogP contribution in [0.25, 0.3) is 0 Å². The van der Waals surface area contributed by atoms with Crippen LogP contribution in [0.3, 0.4) is 0 Å². The molecule has 0 aliphatic rings. The summed E-state index contributed by atoms with van der Waals surface area (Å²) in [5.41, 5.74) is 1.12. The van der Waals surface area contributed by atoms with E-state index in [0.717, 1.165) is 37.8 Å². The molecule has 1 heterocycles. The smallest absolute Gasteiger partial charge is 0.227 e. The number of unbranched alkanes of at least 4 members (excludes halogenated alkanes) is 20. The van der Waals surface area contributed by atoms with Gasteiger partial charge in [0.25, 0.3) is 0 Å². The van der Waals surface area contributed by atoms with Gasteiger partial charge in [-0.2, -0.15) is 4.98 Å². The fourth-order valence-corrected chi connectivity index (χ4v) is 5.82. The number of nitrogens with zero attached hydrogens (tertiary/aromatic N) is 4. The Morgan fingerprint density at radius 1 is 0.415 bits per heavy atom. The molecule has 0 fully saturated rings. The highest BCUT2D eigenvalue weighted by Crippen LogP contribution is 2.21. The van der Waals surface area contributed by atoms with Crippen molar-refractivity contribution in [3.05, 3.63) is 11.8 Å². The number of aromatic nitrogens is 2. The third kappa shape index (κ3) is 20.3. The molecule has 0 aliphatic heterocycles. The van der Waals surface area contributed by atoms with E-state index in [1.165, 1.54) is 160 Å². The zero-order chi connectivity index (χ0) is 29.8. The second kappa shape index (κ2) is 27.5. The SMILES string of the molecule is CCCCCCCCN(CCCCCCCC)c1cc(C)nc(N(CCCCCCCC)CCCCCCCC)n1. The van der Waals surface area contributed by atoms with E-state index in [9.17, 15) is 0 Å². The summed E-state index contributed by atoms with van der Waals surface area (Å²) in [7, 11) is 0. The maximum Gasteiger partial charge on any atom is 0.227 e. The molecule has 0 radical (unpaired) electrons. The van der Waals surface area contributed by atoms with E-state index in [4.69, 9.17) is 9.97 Å². The van der Waals surface area contributed by atoms with Gasteiger partial charge >= 0.3 is 0 Å². The van der Waals surface area contributed by atoms with Crippen LogP contribution in [0.1, 0.15) is 187 Å². The van der Waals surface area contributed by atoms with E-state index in [0.29, 0.717) is 0 Å². The van der Waals surface area contributed by atoms with E-state index in [2.05, 4.69) is 50.5 Å². The highest BCUT2D eigenvalue weighted by molar-refractivity contribution is 5.46. The largest absolute Gasteiger partial charge is 0.356 e. The number of anilines is 2. The van der Waals surface area contributed by atoms with Crippen molar-refractivity contribution in [2.75, 3.05) is 36.0 Å². The third-order valence-electron chi connectivity index (χ3n) is 8.56. The molecular weight excluding hydrogens is 500 g/mol. The first-order valence-electron chi connectivity index (χ1n) is 18.5. The van der Waals surface area contributed by atoms with E-state index in [-0.39, 0.29) is 0 Å². The summed E-state index contributed by atoms with van der Waals surface area (Å²) in [6, 6.07) is 2.26. The summed E-state index contributed by atoms with van der Waals surface area (Å²) in [5, 5.41) is 0. The number of aryl methyl sites for hydroxylation is 1. The highest BCUT2D eigenvalue weighted by atomic mass is 15.3. The summed E-state index contributed by atoms with van der Waals surface area (Å²) in [5.74, 6) is 2.16. The molecule has 1 aromatic heterocycles. The van der Waals surface area contributed by atoms with Crippen LogP contribution >= 0.6 is 0 Å². The molecule has 0 unspecified atom stereocenters. The fraction of sp³-hybridized carbons (Fsp3) is 0.892. The molecule has 0 spiro atoms. The van der Waals surface area contributed by atoms with Crippen molar-refractivity contribution >= 4 is 11.8 Å². The van der Waals surface area contributed by atoms with Gasteiger partial charge in [0.1, 0.15) is 5.82 Å². The van der Waals surface area contributed by atoms with Gasteiger partial charge in [0.15, 0.2) is 0 Å². The Morgan fingerprint density at radius 2 is 0.732 bits per heavy atom. The molecule has 0 saturated carbocycles. The predicted octanol–water partition coefficient (Wildman–Crippen LogP) is 11.8. The van der Waals surface area contributed by atoms with E-state index < -0.39 is 0 Å². The Balaban J connectivity index is 2.91. The molecule has 0 bridgehead atoms.